The van der Waals surface area contributed by atoms with Crippen LogP contribution in [0.15, 0.2) is 218 Å². The number of fused-ring (bicyclic) bond motifs is 14. The van der Waals surface area contributed by atoms with Crippen molar-refractivity contribution in [1.29, 1.82) is 0 Å². The molecular weight excluding hydrogens is 765 g/mol. The lowest BCUT2D eigenvalue weighted by Gasteiger charge is -2.30. The monoisotopic (exact) mass is 800 g/mol. The second kappa shape index (κ2) is 13.8. The van der Waals surface area contributed by atoms with Crippen LogP contribution >= 0.6 is 0 Å². The summed E-state index contributed by atoms with van der Waals surface area (Å²) in [5.41, 5.74) is 18.1. The van der Waals surface area contributed by atoms with Gasteiger partial charge in [-0.1, -0.05) is 212 Å². The van der Waals surface area contributed by atoms with Crippen LogP contribution in [0.1, 0.15) is 22.3 Å². The highest BCUT2D eigenvalue weighted by Crippen LogP contribution is 2.64. The molecule has 0 fully saturated rings. The van der Waals surface area contributed by atoms with Crippen LogP contribution in [0.2, 0.25) is 0 Å². The van der Waals surface area contributed by atoms with Gasteiger partial charge in [-0.15, -0.1) is 0 Å². The van der Waals surface area contributed by atoms with Gasteiger partial charge in [-0.2, -0.15) is 0 Å². The normalized spacial score (nSPS) is 12.9. The van der Waals surface area contributed by atoms with E-state index in [2.05, 4.69) is 182 Å². The van der Waals surface area contributed by atoms with Gasteiger partial charge in [0.2, 0.25) is 0 Å². The molecule has 292 valence electrons. The summed E-state index contributed by atoms with van der Waals surface area (Å²) in [4.78, 5) is 20.5. The molecule has 1 spiro atoms. The zero-order valence-corrected chi connectivity index (χ0v) is 34.1. The molecule has 0 N–H and O–H groups in total. The standard InChI is InChI=1S/C59H36N4/c1-3-15-37(16-4-1)38-27-31-41(32-28-38)57-61-56(40-17-5-2-6-18-40)62-58(63-57)42-33-29-39(30-34-42)55-47-35-36-51-54(53(47)46-22-10-14-26-52(46)60-55)45-21-9-13-25-50(45)59(51)48-23-11-7-19-43(48)44-20-8-12-24-49(44)59/h1-36H. The summed E-state index contributed by atoms with van der Waals surface area (Å²) in [5, 5.41) is 3.51. The van der Waals surface area contributed by atoms with E-state index in [1.807, 2.05) is 36.4 Å². The summed E-state index contributed by atoms with van der Waals surface area (Å²) in [6.45, 7) is 0. The van der Waals surface area contributed by atoms with Gasteiger partial charge in [-0.05, 0) is 61.7 Å². The molecule has 63 heavy (non-hydrogen) atoms. The molecule has 2 aliphatic carbocycles. The van der Waals surface area contributed by atoms with E-state index in [-0.39, 0.29) is 0 Å². The van der Waals surface area contributed by atoms with Gasteiger partial charge in [0.1, 0.15) is 0 Å². The Labute approximate surface area is 364 Å². The fraction of sp³-hybridized carbons (Fsp3) is 0.0169. The van der Waals surface area contributed by atoms with Gasteiger partial charge in [0.25, 0.3) is 0 Å². The zero-order valence-electron chi connectivity index (χ0n) is 34.1. The van der Waals surface area contributed by atoms with Crippen molar-refractivity contribution in [2.24, 2.45) is 0 Å². The first-order valence-electron chi connectivity index (χ1n) is 21.5. The molecule has 0 aliphatic heterocycles. The van der Waals surface area contributed by atoms with Crippen molar-refractivity contribution in [2.45, 2.75) is 5.41 Å². The first kappa shape index (κ1) is 35.4. The third-order valence-corrected chi connectivity index (χ3v) is 13.2. The van der Waals surface area contributed by atoms with Crippen LogP contribution in [0.4, 0.5) is 0 Å². The van der Waals surface area contributed by atoms with E-state index in [4.69, 9.17) is 19.9 Å². The lowest BCUT2D eigenvalue weighted by molar-refractivity contribution is 0.794. The number of hydrogen-bond donors (Lipinski definition) is 0. The molecule has 0 bridgehead atoms. The molecule has 0 saturated carbocycles. The molecule has 9 aromatic carbocycles. The third kappa shape index (κ3) is 5.28. The van der Waals surface area contributed by atoms with Gasteiger partial charge in [0, 0.05) is 38.4 Å². The number of aromatic nitrogens is 4. The summed E-state index contributed by atoms with van der Waals surface area (Å²) >= 11 is 0. The van der Waals surface area contributed by atoms with Gasteiger partial charge in [0.15, 0.2) is 17.5 Å². The molecule has 2 aliphatic rings. The van der Waals surface area contributed by atoms with Gasteiger partial charge < -0.3 is 0 Å². The van der Waals surface area contributed by atoms with E-state index < -0.39 is 5.41 Å². The van der Waals surface area contributed by atoms with E-state index in [1.165, 1.54) is 55.5 Å². The fourth-order valence-corrected chi connectivity index (χ4v) is 10.4. The number of benzene rings is 9. The van der Waals surface area contributed by atoms with Crippen molar-refractivity contribution in [3.63, 3.8) is 0 Å². The predicted molar refractivity (Wildman–Crippen MR) is 256 cm³/mol. The third-order valence-electron chi connectivity index (χ3n) is 13.2. The first-order valence-corrected chi connectivity index (χ1v) is 21.5. The van der Waals surface area contributed by atoms with Crippen LogP contribution in [0.3, 0.4) is 0 Å². The number of para-hydroxylation sites is 1. The van der Waals surface area contributed by atoms with Gasteiger partial charge >= 0.3 is 0 Å². The van der Waals surface area contributed by atoms with Crippen molar-refractivity contribution in [2.75, 3.05) is 0 Å². The van der Waals surface area contributed by atoms with E-state index in [1.54, 1.807) is 0 Å². The minimum atomic E-state index is -0.425. The molecule has 0 saturated heterocycles. The van der Waals surface area contributed by atoms with Crippen LogP contribution in [0.5, 0.6) is 0 Å². The minimum absolute atomic E-state index is 0.425. The Hall–Kier alpha value is -8.34. The summed E-state index contributed by atoms with van der Waals surface area (Å²) in [6.07, 6.45) is 0. The maximum absolute atomic E-state index is 5.41. The lowest BCUT2D eigenvalue weighted by Crippen LogP contribution is -2.25. The number of nitrogens with zero attached hydrogens (tertiary/aromatic N) is 4. The van der Waals surface area contributed by atoms with Crippen LogP contribution in [0, 0.1) is 0 Å². The SMILES string of the molecule is c1ccc(-c2ccc(-c3nc(-c4ccccc4)nc(-c4ccc(-c5nc6ccccc6c6c7c(ccc56)C5(c6ccccc6-c6ccccc65)c5ccccc5-7)cc4)n3)cc2)cc1. The Morgan fingerprint density at radius 3 is 1.30 bits per heavy atom. The Morgan fingerprint density at radius 2 is 0.698 bits per heavy atom. The van der Waals surface area contributed by atoms with Crippen molar-refractivity contribution in [3.05, 3.63) is 241 Å². The minimum Gasteiger partial charge on any atom is -0.247 e. The van der Waals surface area contributed by atoms with E-state index in [0.717, 1.165) is 49.8 Å². The van der Waals surface area contributed by atoms with Crippen LogP contribution < -0.4 is 0 Å². The van der Waals surface area contributed by atoms with Gasteiger partial charge in [0.05, 0.1) is 16.6 Å². The lowest BCUT2D eigenvalue weighted by atomic mass is 9.70. The Morgan fingerprint density at radius 1 is 0.270 bits per heavy atom. The number of pyridine rings is 1. The van der Waals surface area contributed by atoms with E-state index in [9.17, 15) is 0 Å². The molecule has 0 atom stereocenters. The maximum atomic E-state index is 5.41. The van der Waals surface area contributed by atoms with Crippen LogP contribution in [0.25, 0.3) is 100 Å². The number of rotatable bonds is 5. The molecule has 2 aromatic heterocycles. The van der Waals surface area contributed by atoms with Crippen molar-refractivity contribution in [1.82, 2.24) is 19.9 Å². The van der Waals surface area contributed by atoms with Crippen molar-refractivity contribution < 1.29 is 0 Å². The van der Waals surface area contributed by atoms with Gasteiger partial charge in [-0.25, -0.2) is 19.9 Å². The molecule has 2 heterocycles. The smallest absolute Gasteiger partial charge is 0.164 e. The Bertz CT molecular complexity index is 3550. The zero-order chi connectivity index (χ0) is 41.5. The Kier molecular flexibility index (Phi) is 7.79. The number of hydrogen-bond acceptors (Lipinski definition) is 4. The maximum Gasteiger partial charge on any atom is 0.164 e. The highest BCUT2D eigenvalue weighted by Gasteiger charge is 2.52. The average molecular weight is 801 g/mol. The average Bonchev–Trinajstić information content (AvgIpc) is 3.84. The fourth-order valence-electron chi connectivity index (χ4n) is 10.4. The second-order valence-corrected chi connectivity index (χ2v) is 16.5. The quantitative estimate of drug-likeness (QED) is 0.163. The highest BCUT2D eigenvalue weighted by molar-refractivity contribution is 6.20. The van der Waals surface area contributed by atoms with Crippen LogP contribution in [-0.4, -0.2) is 19.9 Å². The second-order valence-electron chi connectivity index (χ2n) is 16.5. The summed E-state index contributed by atoms with van der Waals surface area (Å²) in [5.74, 6) is 1.88. The molecular formula is C59H36N4. The molecule has 13 rings (SSSR count). The molecule has 0 unspecified atom stereocenters. The molecule has 4 heteroatoms. The highest BCUT2D eigenvalue weighted by atomic mass is 15.0. The van der Waals surface area contributed by atoms with E-state index >= 15 is 0 Å². The first-order chi connectivity index (χ1) is 31.2. The van der Waals surface area contributed by atoms with Crippen molar-refractivity contribution >= 4 is 21.7 Å². The molecule has 11 aromatic rings. The van der Waals surface area contributed by atoms with E-state index in [0.29, 0.717) is 17.5 Å². The molecule has 0 amide bonds. The Balaban J connectivity index is 0.973. The summed E-state index contributed by atoms with van der Waals surface area (Å²) in [6, 6.07) is 77.9. The summed E-state index contributed by atoms with van der Waals surface area (Å²) in [7, 11) is 0. The summed E-state index contributed by atoms with van der Waals surface area (Å²) < 4.78 is 0. The topological polar surface area (TPSA) is 51.6 Å². The van der Waals surface area contributed by atoms with Crippen molar-refractivity contribution in [3.8, 4) is 78.8 Å². The largest absolute Gasteiger partial charge is 0.247 e. The van der Waals surface area contributed by atoms with Gasteiger partial charge in [-0.3, -0.25) is 0 Å². The molecule has 0 radical (unpaired) electrons. The van der Waals surface area contributed by atoms with Crippen LogP contribution in [-0.2, 0) is 5.41 Å². The molecule has 4 nitrogen and oxygen atoms in total. The predicted octanol–water partition coefficient (Wildman–Crippen LogP) is 14.3.